The SMILES string of the molecule is O=C1N(CCBr)c2c(Cl)ccc(Cl)c2C12OCCO2. The third kappa shape index (κ3) is 1.83. The van der Waals surface area contributed by atoms with Crippen molar-refractivity contribution in [1.82, 2.24) is 0 Å². The zero-order valence-corrected chi connectivity index (χ0v) is 12.9. The fraction of sp³-hybridized carbons (Fsp3) is 0.417. The van der Waals surface area contributed by atoms with E-state index in [0.29, 0.717) is 46.4 Å². The van der Waals surface area contributed by atoms with Crippen molar-refractivity contribution >= 4 is 50.7 Å². The molecule has 0 saturated carbocycles. The van der Waals surface area contributed by atoms with Gasteiger partial charge in [-0.25, -0.2) is 0 Å². The van der Waals surface area contributed by atoms with Crippen LogP contribution in [0.4, 0.5) is 5.69 Å². The third-order valence-electron chi connectivity index (χ3n) is 3.21. The third-order valence-corrected chi connectivity index (χ3v) is 4.18. The Morgan fingerprint density at radius 2 is 1.89 bits per heavy atom. The van der Waals surface area contributed by atoms with Crippen LogP contribution >= 0.6 is 39.1 Å². The van der Waals surface area contributed by atoms with Crippen LogP contribution in [-0.4, -0.2) is 31.0 Å². The highest BCUT2D eigenvalue weighted by molar-refractivity contribution is 9.09. The standard InChI is InChI=1S/C12H10BrCl2NO3/c13-3-4-16-10-8(15)2-1-7(14)9(10)12(11(16)17)18-5-6-19-12/h1-2H,3-6H2. The number of rotatable bonds is 2. The zero-order chi connectivity index (χ0) is 13.6. The highest BCUT2D eigenvalue weighted by Gasteiger charge is 2.57. The highest BCUT2D eigenvalue weighted by atomic mass is 79.9. The van der Waals surface area contributed by atoms with Crippen LogP contribution in [0.3, 0.4) is 0 Å². The number of halogens is 3. The number of carbonyl (C=O) groups excluding carboxylic acids is 1. The van der Waals surface area contributed by atoms with Crippen molar-refractivity contribution in [3.8, 4) is 0 Å². The maximum atomic E-state index is 12.6. The van der Waals surface area contributed by atoms with Crippen molar-refractivity contribution in [2.24, 2.45) is 0 Å². The van der Waals surface area contributed by atoms with Gasteiger partial charge < -0.3 is 14.4 Å². The van der Waals surface area contributed by atoms with E-state index in [-0.39, 0.29) is 5.91 Å². The van der Waals surface area contributed by atoms with Crippen LogP contribution in [0, 0.1) is 0 Å². The van der Waals surface area contributed by atoms with E-state index in [0.717, 1.165) is 0 Å². The molecule has 0 bridgehead atoms. The highest BCUT2D eigenvalue weighted by Crippen LogP contribution is 2.51. The topological polar surface area (TPSA) is 38.8 Å². The largest absolute Gasteiger partial charge is 0.336 e. The Balaban J connectivity index is 2.24. The predicted molar refractivity (Wildman–Crippen MR) is 76.2 cm³/mol. The molecule has 2 aliphatic heterocycles. The summed E-state index contributed by atoms with van der Waals surface area (Å²) >= 11 is 15.8. The van der Waals surface area contributed by atoms with E-state index >= 15 is 0 Å². The molecule has 3 rings (SSSR count). The number of carbonyl (C=O) groups is 1. The Morgan fingerprint density at radius 1 is 1.26 bits per heavy atom. The van der Waals surface area contributed by atoms with Gasteiger partial charge in [-0.2, -0.15) is 0 Å². The van der Waals surface area contributed by atoms with E-state index in [9.17, 15) is 4.79 Å². The minimum Gasteiger partial charge on any atom is -0.336 e. The molecule has 4 nitrogen and oxygen atoms in total. The molecule has 2 aliphatic rings. The Labute approximate surface area is 128 Å². The molecule has 1 saturated heterocycles. The second-order valence-corrected chi connectivity index (χ2v) is 5.82. The van der Waals surface area contributed by atoms with Gasteiger partial charge in [-0.15, -0.1) is 0 Å². The molecule has 0 aliphatic carbocycles. The Kier molecular flexibility index (Phi) is 3.52. The monoisotopic (exact) mass is 365 g/mol. The first kappa shape index (κ1) is 13.6. The maximum Gasteiger partial charge on any atom is 0.292 e. The summed E-state index contributed by atoms with van der Waals surface area (Å²) in [5.41, 5.74) is 1.10. The van der Waals surface area contributed by atoms with Gasteiger partial charge in [0.1, 0.15) is 0 Å². The number of amides is 1. The van der Waals surface area contributed by atoms with Crippen molar-refractivity contribution in [3.63, 3.8) is 0 Å². The van der Waals surface area contributed by atoms with Gasteiger partial charge in [0.2, 0.25) is 0 Å². The lowest BCUT2D eigenvalue weighted by Gasteiger charge is -2.21. The summed E-state index contributed by atoms with van der Waals surface area (Å²) in [5, 5.41) is 1.51. The molecule has 0 unspecified atom stereocenters. The van der Waals surface area contributed by atoms with Gasteiger partial charge in [0.25, 0.3) is 11.7 Å². The van der Waals surface area contributed by atoms with Gasteiger partial charge >= 0.3 is 0 Å². The molecule has 0 aromatic heterocycles. The summed E-state index contributed by atoms with van der Waals surface area (Å²) in [4.78, 5) is 14.2. The minimum absolute atomic E-state index is 0.269. The van der Waals surface area contributed by atoms with Gasteiger partial charge in [0.15, 0.2) is 0 Å². The lowest BCUT2D eigenvalue weighted by atomic mass is 10.1. The average Bonchev–Trinajstić information content (AvgIpc) is 2.96. The number of hydrogen-bond donors (Lipinski definition) is 0. The van der Waals surface area contributed by atoms with Crippen LogP contribution in [0.15, 0.2) is 12.1 Å². The number of fused-ring (bicyclic) bond motifs is 2. The summed E-state index contributed by atoms with van der Waals surface area (Å²) in [6.07, 6.45) is 0. The molecule has 19 heavy (non-hydrogen) atoms. The molecule has 1 fully saturated rings. The number of benzene rings is 1. The first-order valence-electron chi connectivity index (χ1n) is 5.76. The summed E-state index contributed by atoms with van der Waals surface area (Å²) in [5.74, 6) is -1.69. The number of hydrogen-bond acceptors (Lipinski definition) is 3. The molecule has 1 aromatic carbocycles. The van der Waals surface area contributed by atoms with Crippen LogP contribution in [0.5, 0.6) is 0 Å². The molecule has 102 valence electrons. The number of alkyl halides is 1. The molecule has 1 amide bonds. The lowest BCUT2D eigenvalue weighted by Crippen LogP contribution is -2.42. The van der Waals surface area contributed by atoms with Crippen molar-refractivity contribution in [2.45, 2.75) is 5.79 Å². The Bertz CT molecular complexity index is 546. The van der Waals surface area contributed by atoms with E-state index in [1.54, 1.807) is 17.0 Å². The van der Waals surface area contributed by atoms with Crippen LogP contribution in [0.2, 0.25) is 10.0 Å². The molecule has 1 spiro atoms. The molecule has 7 heteroatoms. The number of ether oxygens (including phenoxy) is 2. The van der Waals surface area contributed by atoms with Crippen molar-refractivity contribution in [3.05, 3.63) is 27.7 Å². The molecule has 2 heterocycles. The second kappa shape index (κ2) is 4.90. The molecule has 1 aromatic rings. The number of nitrogens with zero attached hydrogens (tertiary/aromatic N) is 1. The average molecular weight is 367 g/mol. The first-order valence-corrected chi connectivity index (χ1v) is 7.64. The number of anilines is 1. The van der Waals surface area contributed by atoms with Gasteiger partial charge in [-0.3, -0.25) is 4.79 Å². The fourth-order valence-electron chi connectivity index (χ4n) is 2.48. The van der Waals surface area contributed by atoms with Gasteiger partial charge in [-0.1, -0.05) is 39.1 Å². The molecule has 0 radical (unpaired) electrons. The van der Waals surface area contributed by atoms with E-state index in [1.165, 1.54) is 0 Å². The lowest BCUT2D eigenvalue weighted by molar-refractivity contribution is -0.180. The van der Waals surface area contributed by atoms with Crippen LogP contribution in [-0.2, 0) is 20.1 Å². The van der Waals surface area contributed by atoms with Gasteiger partial charge in [-0.05, 0) is 12.1 Å². The molecule has 0 N–H and O–H groups in total. The van der Waals surface area contributed by atoms with Gasteiger partial charge in [0.05, 0.1) is 34.5 Å². The zero-order valence-electron chi connectivity index (χ0n) is 9.79. The second-order valence-electron chi connectivity index (χ2n) is 4.21. The van der Waals surface area contributed by atoms with Crippen LogP contribution < -0.4 is 4.90 Å². The first-order chi connectivity index (χ1) is 9.12. The van der Waals surface area contributed by atoms with E-state index in [1.807, 2.05) is 0 Å². The smallest absolute Gasteiger partial charge is 0.292 e. The fourth-order valence-corrected chi connectivity index (χ4v) is 3.37. The van der Waals surface area contributed by atoms with Crippen LogP contribution in [0.1, 0.15) is 5.56 Å². The normalized spacial score (nSPS) is 20.4. The van der Waals surface area contributed by atoms with Crippen molar-refractivity contribution < 1.29 is 14.3 Å². The summed E-state index contributed by atoms with van der Waals surface area (Å²) in [6.45, 7) is 1.19. The Morgan fingerprint density at radius 3 is 2.53 bits per heavy atom. The van der Waals surface area contributed by atoms with Crippen molar-refractivity contribution in [2.75, 3.05) is 30.0 Å². The maximum absolute atomic E-state index is 12.6. The quantitative estimate of drug-likeness (QED) is 0.755. The molecular formula is C12H10BrCl2NO3. The van der Waals surface area contributed by atoms with Crippen molar-refractivity contribution in [1.29, 1.82) is 0 Å². The minimum atomic E-state index is -1.42. The predicted octanol–water partition coefficient (Wildman–Crippen LogP) is 2.93. The molecule has 0 atom stereocenters. The van der Waals surface area contributed by atoms with Gasteiger partial charge in [0, 0.05) is 11.9 Å². The van der Waals surface area contributed by atoms with E-state index in [4.69, 9.17) is 32.7 Å². The van der Waals surface area contributed by atoms with Crippen LogP contribution in [0.25, 0.3) is 0 Å². The summed E-state index contributed by atoms with van der Waals surface area (Å²) < 4.78 is 11.2. The summed E-state index contributed by atoms with van der Waals surface area (Å²) in [7, 11) is 0. The van der Waals surface area contributed by atoms with E-state index < -0.39 is 5.79 Å². The molecular weight excluding hydrogens is 357 g/mol. The summed E-state index contributed by atoms with van der Waals surface area (Å²) in [6, 6.07) is 3.33. The van der Waals surface area contributed by atoms with E-state index in [2.05, 4.69) is 15.9 Å². The Hall–Kier alpha value is -0.330.